The van der Waals surface area contributed by atoms with Crippen molar-refractivity contribution in [2.75, 3.05) is 0 Å². The minimum Gasteiger partial charge on any atom is -0.265 e. The van der Waals surface area contributed by atoms with Crippen LogP contribution < -0.4 is 0 Å². The number of pyridine rings is 2. The molecule has 0 spiro atoms. The highest BCUT2D eigenvalue weighted by molar-refractivity contribution is 6.21. The summed E-state index contributed by atoms with van der Waals surface area (Å²) in [6.07, 6.45) is 3.71. The fraction of sp³-hybridized carbons (Fsp3) is 0. The SMILES string of the molecule is c1ccc2c(c1)ccc1c(-c3ccncc3)c3ccc4ccccc4c3nc12. The monoisotopic (exact) mass is 356 g/mol. The van der Waals surface area contributed by atoms with Crippen molar-refractivity contribution in [2.45, 2.75) is 0 Å². The van der Waals surface area contributed by atoms with Crippen molar-refractivity contribution >= 4 is 43.4 Å². The van der Waals surface area contributed by atoms with Gasteiger partial charge in [-0.25, -0.2) is 4.98 Å². The Morgan fingerprint density at radius 1 is 0.464 bits per heavy atom. The molecule has 0 aliphatic rings. The summed E-state index contributed by atoms with van der Waals surface area (Å²) < 4.78 is 0. The Kier molecular flexibility index (Phi) is 3.20. The molecule has 2 aromatic heterocycles. The Balaban J connectivity index is 1.92. The van der Waals surface area contributed by atoms with E-state index in [1.807, 2.05) is 12.4 Å². The maximum absolute atomic E-state index is 5.20. The molecule has 2 heterocycles. The van der Waals surface area contributed by atoms with E-state index in [0.29, 0.717) is 0 Å². The van der Waals surface area contributed by atoms with Gasteiger partial charge >= 0.3 is 0 Å². The lowest BCUT2D eigenvalue weighted by Crippen LogP contribution is -1.91. The number of hydrogen-bond acceptors (Lipinski definition) is 2. The van der Waals surface area contributed by atoms with Crippen LogP contribution in [-0.4, -0.2) is 9.97 Å². The molecule has 0 fully saturated rings. The zero-order valence-corrected chi connectivity index (χ0v) is 15.1. The molecule has 0 unspecified atom stereocenters. The number of hydrogen-bond donors (Lipinski definition) is 0. The minimum absolute atomic E-state index is 1.05. The third kappa shape index (κ3) is 2.15. The van der Waals surface area contributed by atoms with Crippen LogP contribution in [0.1, 0.15) is 0 Å². The summed E-state index contributed by atoms with van der Waals surface area (Å²) in [5.41, 5.74) is 4.49. The molecule has 2 nitrogen and oxygen atoms in total. The standard InChI is InChI=1S/C26H16N2/c1-3-7-20-17(5-1)9-11-22-24(19-13-15-27-16-14-19)23-12-10-18-6-2-4-8-21(18)26(23)28-25(20)22/h1-16H. The van der Waals surface area contributed by atoms with Gasteiger partial charge in [0.15, 0.2) is 0 Å². The second-order valence-corrected chi connectivity index (χ2v) is 7.09. The van der Waals surface area contributed by atoms with Gasteiger partial charge in [-0.1, -0.05) is 72.8 Å². The molecule has 2 heteroatoms. The van der Waals surface area contributed by atoms with Crippen LogP contribution in [0.3, 0.4) is 0 Å². The molecule has 0 aliphatic carbocycles. The minimum atomic E-state index is 1.05. The molecule has 4 aromatic carbocycles. The number of benzene rings is 4. The molecule has 6 aromatic rings. The average molecular weight is 356 g/mol. The van der Waals surface area contributed by atoms with E-state index >= 15 is 0 Å². The molecule has 0 saturated heterocycles. The van der Waals surface area contributed by atoms with Gasteiger partial charge in [0.05, 0.1) is 11.0 Å². The summed E-state index contributed by atoms with van der Waals surface area (Å²) in [4.78, 5) is 9.42. The largest absolute Gasteiger partial charge is 0.265 e. The lowest BCUT2D eigenvalue weighted by Gasteiger charge is -2.14. The average Bonchev–Trinajstić information content (AvgIpc) is 2.78. The van der Waals surface area contributed by atoms with Gasteiger partial charge in [-0.3, -0.25) is 4.98 Å². The van der Waals surface area contributed by atoms with Crippen molar-refractivity contribution in [3.05, 3.63) is 97.3 Å². The van der Waals surface area contributed by atoms with Crippen molar-refractivity contribution in [3.63, 3.8) is 0 Å². The molecule has 0 radical (unpaired) electrons. The van der Waals surface area contributed by atoms with E-state index in [4.69, 9.17) is 4.98 Å². The second kappa shape index (κ2) is 5.86. The first kappa shape index (κ1) is 15.3. The van der Waals surface area contributed by atoms with Crippen LogP contribution in [0.4, 0.5) is 0 Å². The zero-order chi connectivity index (χ0) is 18.5. The Morgan fingerprint density at radius 3 is 1.57 bits per heavy atom. The van der Waals surface area contributed by atoms with E-state index < -0.39 is 0 Å². The molecule has 6 rings (SSSR count). The van der Waals surface area contributed by atoms with Crippen LogP contribution >= 0.6 is 0 Å². The van der Waals surface area contributed by atoms with Crippen LogP contribution in [0.15, 0.2) is 97.3 Å². The molecule has 0 aliphatic heterocycles. The summed E-state index contributed by atoms with van der Waals surface area (Å²) in [7, 11) is 0. The Morgan fingerprint density at radius 2 is 1.00 bits per heavy atom. The van der Waals surface area contributed by atoms with Gasteiger partial charge in [0.1, 0.15) is 0 Å². The van der Waals surface area contributed by atoms with Gasteiger partial charge in [-0.15, -0.1) is 0 Å². The molecular formula is C26H16N2. The highest BCUT2D eigenvalue weighted by atomic mass is 14.7. The topological polar surface area (TPSA) is 25.8 Å². The highest BCUT2D eigenvalue weighted by Gasteiger charge is 2.14. The fourth-order valence-electron chi connectivity index (χ4n) is 4.24. The predicted octanol–water partition coefficient (Wildman–Crippen LogP) is 6.76. The van der Waals surface area contributed by atoms with Crippen molar-refractivity contribution in [1.82, 2.24) is 9.97 Å². The van der Waals surface area contributed by atoms with E-state index in [-0.39, 0.29) is 0 Å². The zero-order valence-electron chi connectivity index (χ0n) is 15.1. The quantitative estimate of drug-likeness (QED) is 0.240. The predicted molar refractivity (Wildman–Crippen MR) is 117 cm³/mol. The van der Waals surface area contributed by atoms with Gasteiger partial charge in [-0.2, -0.15) is 0 Å². The first-order chi connectivity index (χ1) is 13.9. The first-order valence-corrected chi connectivity index (χ1v) is 9.43. The Labute approximate surface area is 162 Å². The Bertz CT molecular complexity index is 1410. The summed E-state index contributed by atoms with van der Waals surface area (Å²) in [6, 6.07) is 29.9. The van der Waals surface area contributed by atoms with Crippen molar-refractivity contribution in [3.8, 4) is 11.1 Å². The first-order valence-electron chi connectivity index (χ1n) is 9.43. The number of fused-ring (bicyclic) bond motifs is 6. The number of aromatic nitrogens is 2. The number of rotatable bonds is 1. The van der Waals surface area contributed by atoms with E-state index in [0.717, 1.165) is 16.6 Å². The molecule has 0 atom stereocenters. The molecule has 0 N–H and O–H groups in total. The molecular weight excluding hydrogens is 340 g/mol. The second-order valence-electron chi connectivity index (χ2n) is 7.09. The summed E-state index contributed by atoms with van der Waals surface area (Å²) in [6.45, 7) is 0. The van der Waals surface area contributed by atoms with Crippen LogP contribution in [-0.2, 0) is 0 Å². The van der Waals surface area contributed by atoms with Crippen molar-refractivity contribution < 1.29 is 0 Å². The molecule has 28 heavy (non-hydrogen) atoms. The summed E-state index contributed by atoms with van der Waals surface area (Å²) in [5, 5.41) is 7.14. The van der Waals surface area contributed by atoms with E-state index in [9.17, 15) is 0 Å². The van der Waals surface area contributed by atoms with E-state index in [2.05, 4.69) is 89.9 Å². The summed E-state index contributed by atoms with van der Waals surface area (Å²) in [5.74, 6) is 0. The van der Waals surface area contributed by atoms with Gasteiger partial charge in [0, 0.05) is 39.5 Å². The van der Waals surface area contributed by atoms with E-state index in [1.54, 1.807) is 0 Å². The maximum Gasteiger partial charge on any atom is 0.0794 e. The third-order valence-electron chi connectivity index (χ3n) is 5.53. The van der Waals surface area contributed by atoms with Crippen LogP contribution in [0, 0.1) is 0 Å². The van der Waals surface area contributed by atoms with Crippen molar-refractivity contribution in [2.24, 2.45) is 0 Å². The van der Waals surface area contributed by atoms with Gasteiger partial charge in [-0.05, 0) is 28.5 Å². The normalized spacial score (nSPS) is 11.6. The van der Waals surface area contributed by atoms with Gasteiger partial charge < -0.3 is 0 Å². The highest BCUT2D eigenvalue weighted by Crippen LogP contribution is 2.39. The molecule has 130 valence electrons. The van der Waals surface area contributed by atoms with Crippen LogP contribution in [0.2, 0.25) is 0 Å². The van der Waals surface area contributed by atoms with Crippen LogP contribution in [0.5, 0.6) is 0 Å². The molecule has 0 bridgehead atoms. The van der Waals surface area contributed by atoms with Gasteiger partial charge in [0.2, 0.25) is 0 Å². The lowest BCUT2D eigenvalue weighted by molar-refractivity contribution is 1.33. The smallest absolute Gasteiger partial charge is 0.0794 e. The van der Waals surface area contributed by atoms with E-state index in [1.165, 1.54) is 37.9 Å². The molecule has 0 amide bonds. The lowest BCUT2D eigenvalue weighted by atomic mass is 9.93. The Hall–Kier alpha value is -3.78. The fourth-order valence-corrected chi connectivity index (χ4v) is 4.24. The third-order valence-corrected chi connectivity index (χ3v) is 5.53. The maximum atomic E-state index is 5.20. The summed E-state index contributed by atoms with van der Waals surface area (Å²) >= 11 is 0. The van der Waals surface area contributed by atoms with Crippen molar-refractivity contribution in [1.29, 1.82) is 0 Å². The number of nitrogens with zero attached hydrogens (tertiary/aromatic N) is 2. The van der Waals surface area contributed by atoms with Gasteiger partial charge in [0.25, 0.3) is 0 Å². The van der Waals surface area contributed by atoms with Crippen LogP contribution in [0.25, 0.3) is 54.5 Å². The molecule has 0 saturated carbocycles.